The molecule has 16 heteroatoms. The van der Waals surface area contributed by atoms with Gasteiger partial charge in [0, 0.05) is 16.7 Å². The lowest BCUT2D eigenvalue weighted by Gasteiger charge is -2.38. The number of alkyl halides is 6. The molecule has 2 amide bonds. The Morgan fingerprint density at radius 2 is 1.17 bits per heavy atom. The molecule has 3 rings (SSSR count). The number of amides is 2. The Hall–Kier alpha value is -6.06. The molecule has 6 N–H and O–H groups in total. The van der Waals surface area contributed by atoms with E-state index < -0.39 is 75.5 Å². The summed E-state index contributed by atoms with van der Waals surface area (Å²) >= 11 is 0. The SMILES string of the molecule is C=C/C(=C\C=C(/C)C(=O)O)C(=O)Nc1cc(C(c2ccc(O)c(NC(=O)c3ccc(C(=O)O)cc3)c2)(C(F)(F)F)C(F)(F)F)ccc1O. The number of rotatable bonds is 10. The third-order valence-electron chi connectivity index (χ3n) is 6.93. The van der Waals surface area contributed by atoms with Crippen LogP contribution in [0.15, 0.2) is 96.6 Å². The van der Waals surface area contributed by atoms with Crippen LogP contribution in [-0.4, -0.2) is 56.5 Å². The molecule has 252 valence electrons. The largest absolute Gasteiger partial charge is 0.506 e. The van der Waals surface area contributed by atoms with Crippen LogP contribution < -0.4 is 10.6 Å². The lowest BCUT2D eigenvalue weighted by molar-refractivity contribution is -0.288. The first kappa shape index (κ1) is 36.4. The van der Waals surface area contributed by atoms with Gasteiger partial charge in [-0.3, -0.25) is 9.59 Å². The van der Waals surface area contributed by atoms with E-state index in [9.17, 15) is 55.7 Å². The number of hydrogen-bond acceptors (Lipinski definition) is 6. The van der Waals surface area contributed by atoms with Crippen molar-refractivity contribution in [2.24, 2.45) is 0 Å². The maximum absolute atomic E-state index is 14.9. The van der Waals surface area contributed by atoms with Crippen LogP contribution in [0.5, 0.6) is 11.5 Å². The number of aromatic hydroxyl groups is 2. The van der Waals surface area contributed by atoms with Crippen molar-refractivity contribution in [2.75, 3.05) is 10.6 Å². The Labute approximate surface area is 267 Å². The fraction of sp³-hybridized carbons (Fsp3) is 0.125. The molecule has 0 radical (unpaired) electrons. The zero-order valence-electron chi connectivity index (χ0n) is 24.4. The van der Waals surface area contributed by atoms with Crippen LogP contribution in [0.1, 0.15) is 38.8 Å². The van der Waals surface area contributed by atoms with Crippen LogP contribution in [-0.2, 0) is 15.0 Å². The molecule has 0 aliphatic rings. The second kappa shape index (κ2) is 13.7. The summed E-state index contributed by atoms with van der Waals surface area (Å²) in [5.74, 6) is -6.82. The molecule has 0 aliphatic heterocycles. The van der Waals surface area contributed by atoms with Gasteiger partial charge in [-0.1, -0.05) is 30.9 Å². The molecule has 48 heavy (non-hydrogen) atoms. The van der Waals surface area contributed by atoms with Crippen molar-refractivity contribution in [2.45, 2.75) is 24.7 Å². The average molecular weight is 679 g/mol. The summed E-state index contributed by atoms with van der Waals surface area (Å²) < 4.78 is 89.3. The quantitative estimate of drug-likeness (QED) is 0.0607. The van der Waals surface area contributed by atoms with E-state index in [1.54, 1.807) is 0 Å². The molecular weight excluding hydrogens is 654 g/mol. The number of phenols is 2. The van der Waals surface area contributed by atoms with E-state index in [0.29, 0.717) is 24.3 Å². The number of nitrogens with one attached hydrogen (secondary N) is 2. The fourth-order valence-electron chi connectivity index (χ4n) is 4.40. The zero-order valence-corrected chi connectivity index (χ0v) is 24.4. The van der Waals surface area contributed by atoms with Crippen molar-refractivity contribution in [1.29, 1.82) is 0 Å². The fourth-order valence-corrected chi connectivity index (χ4v) is 4.40. The van der Waals surface area contributed by atoms with Crippen LogP contribution in [0.4, 0.5) is 37.7 Å². The normalized spacial score (nSPS) is 12.6. The molecule has 10 nitrogen and oxygen atoms in total. The summed E-state index contributed by atoms with van der Waals surface area (Å²) in [7, 11) is 0. The van der Waals surface area contributed by atoms with Gasteiger partial charge < -0.3 is 31.1 Å². The first-order valence-corrected chi connectivity index (χ1v) is 13.2. The molecule has 0 fully saturated rings. The molecule has 0 aromatic heterocycles. The molecule has 0 aliphatic carbocycles. The molecule has 0 unspecified atom stereocenters. The molecule has 0 saturated carbocycles. The van der Waals surface area contributed by atoms with Gasteiger partial charge in [0.05, 0.1) is 16.9 Å². The van der Waals surface area contributed by atoms with Crippen LogP contribution in [0.3, 0.4) is 0 Å². The number of allylic oxidation sites excluding steroid dienone is 2. The van der Waals surface area contributed by atoms with Gasteiger partial charge in [0.25, 0.3) is 11.8 Å². The topological polar surface area (TPSA) is 173 Å². The molecule has 3 aromatic rings. The number of carboxylic acid groups (broad SMARTS) is 2. The molecule has 0 bridgehead atoms. The highest BCUT2D eigenvalue weighted by Gasteiger charge is 2.72. The molecule has 0 atom stereocenters. The minimum atomic E-state index is -6.17. The standard InChI is InChI=1S/C32H24F6N2O8/c1-3-17(5-4-16(2)28(45)46)26(43)39-22-14-20(10-12-24(22)41)30(31(33,34)35,32(36,37)38)21-11-13-25(42)23(15-21)40-27(44)18-6-8-19(9-7-18)29(47)48/h3-15,41-42H,1H2,2H3,(H,39,43)(H,40,44)(H,45,46)(H,47,48)/b16-4+,17-5+. The molecule has 0 spiro atoms. The van der Waals surface area contributed by atoms with Crippen LogP contribution in [0, 0.1) is 0 Å². The van der Waals surface area contributed by atoms with Crippen molar-refractivity contribution in [3.05, 3.63) is 119 Å². The lowest BCUT2D eigenvalue weighted by atomic mass is 9.72. The van der Waals surface area contributed by atoms with E-state index in [2.05, 4.69) is 6.58 Å². The maximum atomic E-state index is 14.9. The third kappa shape index (κ3) is 7.32. The van der Waals surface area contributed by atoms with Crippen molar-refractivity contribution in [3.63, 3.8) is 0 Å². The van der Waals surface area contributed by atoms with E-state index in [1.165, 1.54) is 6.92 Å². The van der Waals surface area contributed by atoms with E-state index in [-0.39, 0.29) is 34.4 Å². The summed E-state index contributed by atoms with van der Waals surface area (Å²) in [6, 6.07) is 6.20. The van der Waals surface area contributed by atoms with E-state index in [0.717, 1.165) is 42.5 Å². The van der Waals surface area contributed by atoms with Crippen molar-refractivity contribution in [1.82, 2.24) is 0 Å². The highest BCUT2D eigenvalue weighted by molar-refractivity contribution is 6.07. The Kier molecular flexibility index (Phi) is 10.4. The second-order valence-corrected chi connectivity index (χ2v) is 9.98. The number of anilines is 2. The van der Waals surface area contributed by atoms with Gasteiger partial charge in [-0.05, 0) is 72.7 Å². The van der Waals surface area contributed by atoms with Crippen molar-refractivity contribution >= 4 is 35.1 Å². The number of aromatic carboxylic acids is 1. The highest BCUT2D eigenvalue weighted by Crippen LogP contribution is 2.57. The Balaban J connectivity index is 2.17. The Bertz CT molecular complexity index is 1830. The van der Waals surface area contributed by atoms with Crippen molar-refractivity contribution < 1.29 is 65.9 Å². The number of carbonyl (C=O) groups is 4. The number of carbonyl (C=O) groups excluding carboxylic acids is 2. The molecule has 0 heterocycles. The number of phenolic OH excluding ortho intramolecular Hbond substituents is 2. The van der Waals surface area contributed by atoms with E-state index >= 15 is 0 Å². The monoisotopic (exact) mass is 678 g/mol. The highest BCUT2D eigenvalue weighted by atomic mass is 19.4. The van der Waals surface area contributed by atoms with Gasteiger partial charge in [-0.25, -0.2) is 9.59 Å². The Morgan fingerprint density at radius 1 is 0.708 bits per heavy atom. The predicted molar refractivity (Wildman–Crippen MR) is 159 cm³/mol. The average Bonchev–Trinajstić information content (AvgIpc) is 2.99. The lowest BCUT2D eigenvalue weighted by Crippen LogP contribution is -2.54. The predicted octanol–water partition coefficient (Wildman–Crippen LogP) is 6.54. The van der Waals surface area contributed by atoms with Crippen LogP contribution >= 0.6 is 0 Å². The van der Waals surface area contributed by atoms with Crippen LogP contribution in [0.2, 0.25) is 0 Å². The molecular formula is C32H24F6N2O8. The molecule has 0 saturated heterocycles. The van der Waals surface area contributed by atoms with Gasteiger partial charge >= 0.3 is 24.3 Å². The van der Waals surface area contributed by atoms with Gasteiger partial charge in [-0.2, -0.15) is 26.3 Å². The smallest absolute Gasteiger partial charge is 0.411 e. The molecule has 3 aromatic carbocycles. The third-order valence-corrected chi connectivity index (χ3v) is 6.93. The minimum Gasteiger partial charge on any atom is -0.506 e. The Morgan fingerprint density at radius 3 is 1.58 bits per heavy atom. The van der Waals surface area contributed by atoms with Gasteiger partial charge in [-0.15, -0.1) is 0 Å². The van der Waals surface area contributed by atoms with E-state index in [1.807, 2.05) is 10.6 Å². The minimum absolute atomic E-state index is 0.220. The summed E-state index contributed by atoms with van der Waals surface area (Å²) in [5, 5.41) is 42.5. The van der Waals surface area contributed by atoms with Crippen LogP contribution in [0.25, 0.3) is 0 Å². The summed E-state index contributed by atoms with van der Waals surface area (Å²) in [4.78, 5) is 47.6. The van der Waals surface area contributed by atoms with Gasteiger partial charge in [0.15, 0.2) is 0 Å². The van der Waals surface area contributed by atoms with Gasteiger partial charge in [0.1, 0.15) is 11.5 Å². The summed E-state index contributed by atoms with van der Waals surface area (Å²) in [6.07, 6.45) is -9.46. The number of carboxylic acids is 2. The van der Waals surface area contributed by atoms with Gasteiger partial charge in [0.2, 0.25) is 5.41 Å². The zero-order chi connectivity index (χ0) is 36.2. The summed E-state index contributed by atoms with van der Waals surface area (Å²) in [5.41, 5.74) is -10.8. The number of benzene rings is 3. The number of halogens is 6. The van der Waals surface area contributed by atoms with Crippen molar-refractivity contribution in [3.8, 4) is 11.5 Å². The van der Waals surface area contributed by atoms with E-state index in [4.69, 9.17) is 10.2 Å². The second-order valence-electron chi connectivity index (χ2n) is 9.98. The number of hydrogen-bond donors (Lipinski definition) is 6. The number of aliphatic carboxylic acids is 1. The first-order chi connectivity index (χ1) is 22.2. The first-order valence-electron chi connectivity index (χ1n) is 13.2. The maximum Gasteiger partial charge on any atom is 0.411 e. The summed E-state index contributed by atoms with van der Waals surface area (Å²) in [6.45, 7) is 4.54.